The second-order valence-corrected chi connectivity index (χ2v) is 4.00. The molecule has 0 atom stereocenters. The van der Waals surface area contributed by atoms with Gasteiger partial charge in [0.25, 0.3) is 5.91 Å². The fraction of sp³-hybridized carbons (Fsp3) is 0.231. The molecule has 0 saturated heterocycles. The molecule has 1 heterocycles. The number of hydrogen-bond acceptors (Lipinski definition) is 4. The van der Waals surface area contributed by atoms with Crippen LogP contribution in [0.3, 0.4) is 0 Å². The van der Waals surface area contributed by atoms with Crippen molar-refractivity contribution in [3.63, 3.8) is 0 Å². The van der Waals surface area contributed by atoms with Crippen molar-refractivity contribution in [3.8, 4) is 0 Å². The summed E-state index contributed by atoms with van der Waals surface area (Å²) in [6.07, 6.45) is 1.42. The van der Waals surface area contributed by atoms with Crippen LogP contribution in [0.5, 0.6) is 0 Å². The molecule has 0 unspecified atom stereocenters. The first-order valence-corrected chi connectivity index (χ1v) is 5.68. The van der Waals surface area contributed by atoms with Crippen LogP contribution in [0.15, 0.2) is 35.0 Å². The van der Waals surface area contributed by atoms with Crippen LogP contribution in [0.1, 0.15) is 27.2 Å². The van der Waals surface area contributed by atoms with E-state index in [0.29, 0.717) is 24.4 Å². The molecular weight excluding hydrogens is 230 g/mol. The van der Waals surface area contributed by atoms with E-state index in [-0.39, 0.29) is 5.91 Å². The van der Waals surface area contributed by atoms with Crippen LogP contribution in [0, 0.1) is 6.92 Å². The predicted octanol–water partition coefficient (Wildman–Crippen LogP) is 1.37. The average Bonchev–Trinajstić information content (AvgIpc) is 2.83. The van der Waals surface area contributed by atoms with Gasteiger partial charge in [-0.15, -0.1) is 0 Å². The molecular formula is C13H15N3O2. The van der Waals surface area contributed by atoms with E-state index < -0.39 is 0 Å². The second-order valence-electron chi connectivity index (χ2n) is 4.00. The highest BCUT2D eigenvalue weighted by Crippen LogP contribution is 2.07. The van der Waals surface area contributed by atoms with Gasteiger partial charge in [-0.1, -0.05) is 29.4 Å². The molecule has 0 radical (unpaired) electrons. The molecule has 5 heteroatoms. The van der Waals surface area contributed by atoms with Gasteiger partial charge >= 0.3 is 0 Å². The first-order chi connectivity index (χ1) is 8.70. The minimum atomic E-state index is -0.184. The van der Waals surface area contributed by atoms with Gasteiger partial charge in [-0.2, -0.15) is 0 Å². The summed E-state index contributed by atoms with van der Waals surface area (Å²) in [6, 6.07) is 7.80. The lowest BCUT2D eigenvalue weighted by molar-refractivity contribution is 0.0949. The number of benzene rings is 1. The lowest BCUT2D eigenvalue weighted by atomic mass is 10.1. The van der Waals surface area contributed by atoms with Crippen molar-refractivity contribution < 1.29 is 9.32 Å². The number of aromatic nitrogens is 1. The fourth-order valence-electron chi connectivity index (χ4n) is 1.59. The topological polar surface area (TPSA) is 81.2 Å². The summed E-state index contributed by atoms with van der Waals surface area (Å²) < 4.78 is 4.84. The van der Waals surface area contributed by atoms with Crippen LogP contribution < -0.4 is 11.1 Å². The van der Waals surface area contributed by atoms with Crippen molar-refractivity contribution in [2.75, 3.05) is 0 Å². The van der Waals surface area contributed by atoms with Crippen LogP contribution in [-0.4, -0.2) is 11.1 Å². The number of rotatable bonds is 4. The zero-order valence-electron chi connectivity index (χ0n) is 10.1. The quantitative estimate of drug-likeness (QED) is 0.852. The average molecular weight is 245 g/mol. The van der Waals surface area contributed by atoms with E-state index in [4.69, 9.17) is 10.3 Å². The van der Waals surface area contributed by atoms with Gasteiger partial charge in [0, 0.05) is 13.1 Å². The SMILES string of the molecule is Cc1oncc1C(=O)NCc1ccc(CN)cc1. The molecule has 2 rings (SSSR count). The van der Waals surface area contributed by atoms with Crippen LogP contribution in [0.25, 0.3) is 0 Å². The van der Waals surface area contributed by atoms with Gasteiger partial charge in [-0.05, 0) is 18.1 Å². The van der Waals surface area contributed by atoms with Crippen LogP contribution in [0.4, 0.5) is 0 Å². The van der Waals surface area contributed by atoms with Gasteiger partial charge in [0.1, 0.15) is 11.3 Å². The smallest absolute Gasteiger partial charge is 0.256 e. The molecule has 5 nitrogen and oxygen atoms in total. The van der Waals surface area contributed by atoms with E-state index in [1.165, 1.54) is 6.20 Å². The van der Waals surface area contributed by atoms with Crippen molar-refractivity contribution in [3.05, 3.63) is 52.9 Å². The molecule has 18 heavy (non-hydrogen) atoms. The predicted molar refractivity (Wildman–Crippen MR) is 66.7 cm³/mol. The number of nitrogens with two attached hydrogens (primary N) is 1. The Morgan fingerprint density at radius 1 is 1.33 bits per heavy atom. The third-order valence-corrected chi connectivity index (χ3v) is 2.71. The van der Waals surface area contributed by atoms with E-state index >= 15 is 0 Å². The number of nitrogens with zero attached hydrogens (tertiary/aromatic N) is 1. The van der Waals surface area contributed by atoms with E-state index in [2.05, 4.69) is 10.5 Å². The number of carbonyl (C=O) groups is 1. The molecule has 0 aliphatic carbocycles. The third-order valence-electron chi connectivity index (χ3n) is 2.71. The number of nitrogens with one attached hydrogen (secondary N) is 1. The number of hydrogen-bond donors (Lipinski definition) is 2. The van der Waals surface area contributed by atoms with Crippen LogP contribution >= 0.6 is 0 Å². The molecule has 0 aliphatic heterocycles. The van der Waals surface area contributed by atoms with Gasteiger partial charge < -0.3 is 15.6 Å². The third kappa shape index (κ3) is 2.75. The van der Waals surface area contributed by atoms with Gasteiger partial charge in [-0.3, -0.25) is 4.79 Å². The van der Waals surface area contributed by atoms with Gasteiger partial charge in [0.15, 0.2) is 0 Å². The first-order valence-electron chi connectivity index (χ1n) is 5.68. The Hall–Kier alpha value is -2.14. The molecule has 0 fully saturated rings. The van der Waals surface area contributed by atoms with Gasteiger partial charge in [0.2, 0.25) is 0 Å². The first kappa shape index (κ1) is 12.3. The Kier molecular flexibility index (Phi) is 3.74. The van der Waals surface area contributed by atoms with E-state index in [1.807, 2.05) is 24.3 Å². The summed E-state index contributed by atoms with van der Waals surface area (Å²) in [5, 5.41) is 6.38. The van der Waals surface area contributed by atoms with Gasteiger partial charge in [0.05, 0.1) is 6.20 Å². The molecule has 94 valence electrons. The zero-order valence-corrected chi connectivity index (χ0v) is 10.1. The summed E-state index contributed by atoms with van der Waals surface area (Å²) in [5.74, 6) is 0.336. The summed E-state index contributed by atoms with van der Waals surface area (Å²) >= 11 is 0. The maximum atomic E-state index is 11.8. The molecule has 1 aromatic heterocycles. The lowest BCUT2D eigenvalue weighted by Gasteiger charge is -2.05. The van der Waals surface area contributed by atoms with E-state index in [1.54, 1.807) is 6.92 Å². The highest BCUT2D eigenvalue weighted by atomic mass is 16.5. The van der Waals surface area contributed by atoms with Crippen LogP contribution in [-0.2, 0) is 13.1 Å². The van der Waals surface area contributed by atoms with Gasteiger partial charge in [-0.25, -0.2) is 0 Å². The monoisotopic (exact) mass is 245 g/mol. The lowest BCUT2D eigenvalue weighted by Crippen LogP contribution is -2.22. The van der Waals surface area contributed by atoms with Crippen molar-refractivity contribution in [2.24, 2.45) is 5.73 Å². The summed E-state index contributed by atoms with van der Waals surface area (Å²) in [6.45, 7) is 2.69. The Balaban J connectivity index is 1.95. The molecule has 1 amide bonds. The normalized spacial score (nSPS) is 10.3. The van der Waals surface area contributed by atoms with E-state index in [9.17, 15) is 4.79 Å². The molecule has 0 aliphatic rings. The molecule has 0 spiro atoms. The van der Waals surface area contributed by atoms with Crippen molar-refractivity contribution in [2.45, 2.75) is 20.0 Å². The Labute approximate surface area is 105 Å². The highest BCUT2D eigenvalue weighted by Gasteiger charge is 2.11. The van der Waals surface area contributed by atoms with Crippen molar-refractivity contribution >= 4 is 5.91 Å². The largest absolute Gasteiger partial charge is 0.361 e. The molecule has 0 bridgehead atoms. The summed E-state index contributed by atoms with van der Waals surface area (Å²) in [7, 11) is 0. The Morgan fingerprint density at radius 3 is 2.56 bits per heavy atom. The standard InChI is InChI=1S/C13H15N3O2/c1-9-12(8-16-18-9)13(17)15-7-11-4-2-10(6-14)3-5-11/h2-5,8H,6-7,14H2,1H3,(H,15,17). The Morgan fingerprint density at radius 2 is 2.00 bits per heavy atom. The molecule has 0 saturated carbocycles. The number of aryl methyl sites for hydroxylation is 1. The zero-order chi connectivity index (χ0) is 13.0. The molecule has 3 N–H and O–H groups in total. The number of amides is 1. The fourth-order valence-corrected chi connectivity index (χ4v) is 1.59. The second kappa shape index (κ2) is 5.46. The maximum Gasteiger partial charge on any atom is 0.256 e. The maximum absolute atomic E-state index is 11.8. The minimum absolute atomic E-state index is 0.184. The summed E-state index contributed by atoms with van der Waals surface area (Å²) in [5.41, 5.74) is 8.07. The van der Waals surface area contributed by atoms with Crippen molar-refractivity contribution in [1.29, 1.82) is 0 Å². The molecule has 2 aromatic rings. The van der Waals surface area contributed by atoms with Crippen molar-refractivity contribution in [1.82, 2.24) is 10.5 Å². The minimum Gasteiger partial charge on any atom is -0.361 e. The highest BCUT2D eigenvalue weighted by molar-refractivity contribution is 5.94. The summed E-state index contributed by atoms with van der Waals surface area (Å²) in [4.78, 5) is 11.8. The number of carbonyl (C=O) groups excluding carboxylic acids is 1. The molecule has 1 aromatic carbocycles. The van der Waals surface area contributed by atoms with Crippen LogP contribution in [0.2, 0.25) is 0 Å². The Bertz CT molecular complexity index is 531. The van der Waals surface area contributed by atoms with E-state index in [0.717, 1.165) is 11.1 Å².